The van der Waals surface area contributed by atoms with E-state index < -0.39 is 0 Å². The number of likely N-dealkylation sites (tertiary alicyclic amines) is 1. The molecule has 3 N–H and O–H groups in total. The quantitative estimate of drug-likeness (QED) is 0.505. The molecule has 1 saturated heterocycles. The van der Waals surface area contributed by atoms with Crippen LogP contribution in [0.25, 0.3) is 0 Å². The maximum atomic E-state index is 12.1. The summed E-state index contributed by atoms with van der Waals surface area (Å²) in [6.45, 7) is 3.03. The first-order chi connectivity index (χ1) is 13.7. The van der Waals surface area contributed by atoms with Gasteiger partial charge in [-0.05, 0) is 37.1 Å². The number of nitrogens with one attached hydrogen (secondary N) is 3. The topological polar surface area (TPSA) is 81.6 Å². The molecule has 1 aromatic carbocycles. The van der Waals surface area contributed by atoms with E-state index in [1.54, 1.807) is 31.6 Å². The zero-order valence-corrected chi connectivity index (χ0v) is 16.3. The normalized spacial score (nSPS) is 17.3. The Morgan fingerprint density at radius 2 is 2.07 bits per heavy atom. The summed E-state index contributed by atoms with van der Waals surface area (Å²) in [6, 6.07) is 14.6. The minimum Gasteiger partial charge on any atom is -0.355 e. The van der Waals surface area contributed by atoms with Crippen LogP contribution in [-0.4, -0.2) is 54.5 Å². The number of aromatic nitrogens is 1. The number of anilines is 1. The van der Waals surface area contributed by atoms with E-state index in [9.17, 15) is 4.79 Å². The van der Waals surface area contributed by atoms with Crippen LogP contribution in [0.5, 0.6) is 0 Å². The third-order valence-electron chi connectivity index (χ3n) is 4.82. The van der Waals surface area contributed by atoms with Gasteiger partial charge in [-0.2, -0.15) is 0 Å². The molecule has 1 fully saturated rings. The molecule has 2 heterocycles. The average molecular weight is 380 g/mol. The molecule has 1 aromatic heterocycles. The summed E-state index contributed by atoms with van der Waals surface area (Å²) < 4.78 is 0. The molecule has 0 aliphatic carbocycles. The first-order valence-electron chi connectivity index (χ1n) is 9.67. The molecule has 1 atom stereocenters. The van der Waals surface area contributed by atoms with E-state index in [1.165, 1.54) is 18.4 Å². The van der Waals surface area contributed by atoms with Gasteiger partial charge in [-0.1, -0.05) is 30.3 Å². The van der Waals surface area contributed by atoms with Crippen molar-refractivity contribution in [2.45, 2.75) is 25.4 Å². The zero-order valence-electron chi connectivity index (χ0n) is 16.3. The van der Waals surface area contributed by atoms with Crippen molar-refractivity contribution in [3.8, 4) is 0 Å². The highest BCUT2D eigenvalue weighted by molar-refractivity contribution is 5.94. The Bertz CT molecular complexity index is 765. The number of hydrogen-bond acceptors (Lipinski definition) is 4. The molecule has 1 amide bonds. The van der Waals surface area contributed by atoms with Gasteiger partial charge in [-0.25, -0.2) is 0 Å². The van der Waals surface area contributed by atoms with Gasteiger partial charge in [-0.15, -0.1) is 0 Å². The number of carbonyl (C=O) groups excluding carboxylic acids is 1. The molecule has 1 unspecified atom stereocenters. The Hall–Kier alpha value is -2.93. The molecule has 28 heavy (non-hydrogen) atoms. The van der Waals surface area contributed by atoms with Crippen molar-refractivity contribution >= 4 is 17.6 Å². The van der Waals surface area contributed by atoms with Gasteiger partial charge in [-0.3, -0.25) is 19.7 Å². The van der Waals surface area contributed by atoms with Gasteiger partial charge >= 0.3 is 0 Å². The number of rotatable bonds is 7. The molecule has 7 heteroatoms. The lowest BCUT2D eigenvalue weighted by atomic mass is 10.2. The fraction of sp³-hybridized carbons (Fsp3) is 0.381. The predicted octanol–water partition coefficient (Wildman–Crippen LogP) is 1.85. The van der Waals surface area contributed by atoms with Crippen LogP contribution in [-0.2, 0) is 11.3 Å². The van der Waals surface area contributed by atoms with Crippen molar-refractivity contribution in [3.63, 3.8) is 0 Å². The monoisotopic (exact) mass is 380 g/mol. The molecular weight excluding hydrogens is 352 g/mol. The van der Waals surface area contributed by atoms with E-state index >= 15 is 0 Å². The van der Waals surface area contributed by atoms with Crippen molar-refractivity contribution in [3.05, 3.63) is 60.4 Å². The second-order valence-electron chi connectivity index (χ2n) is 6.85. The van der Waals surface area contributed by atoms with Crippen LogP contribution < -0.4 is 16.0 Å². The number of aliphatic imine (C=N–C) groups is 1. The number of guanidine groups is 1. The van der Waals surface area contributed by atoms with E-state index in [0.717, 1.165) is 19.6 Å². The molecule has 0 bridgehead atoms. The summed E-state index contributed by atoms with van der Waals surface area (Å²) in [5, 5.41) is 9.22. The minimum atomic E-state index is -0.137. The molecule has 0 spiro atoms. The van der Waals surface area contributed by atoms with E-state index in [4.69, 9.17) is 0 Å². The van der Waals surface area contributed by atoms with Crippen molar-refractivity contribution in [2.75, 3.05) is 32.0 Å². The summed E-state index contributed by atoms with van der Waals surface area (Å²) in [5.41, 5.74) is 2.02. The third-order valence-corrected chi connectivity index (χ3v) is 4.82. The summed E-state index contributed by atoms with van der Waals surface area (Å²) >= 11 is 0. The van der Waals surface area contributed by atoms with Crippen LogP contribution in [0.4, 0.5) is 5.69 Å². The second-order valence-corrected chi connectivity index (χ2v) is 6.85. The highest BCUT2D eigenvalue weighted by Crippen LogP contribution is 2.19. The van der Waals surface area contributed by atoms with Gasteiger partial charge in [0, 0.05) is 32.4 Å². The van der Waals surface area contributed by atoms with Crippen LogP contribution in [0.3, 0.4) is 0 Å². The Morgan fingerprint density at radius 3 is 2.82 bits per heavy atom. The van der Waals surface area contributed by atoms with Crippen molar-refractivity contribution in [2.24, 2.45) is 4.99 Å². The van der Waals surface area contributed by atoms with E-state index in [1.807, 2.05) is 6.07 Å². The van der Waals surface area contributed by atoms with Gasteiger partial charge in [0.1, 0.15) is 0 Å². The average Bonchev–Trinajstić information content (AvgIpc) is 3.16. The molecule has 7 nitrogen and oxygen atoms in total. The number of nitrogens with zero attached hydrogens (tertiary/aromatic N) is 3. The molecule has 1 aliphatic heterocycles. The van der Waals surface area contributed by atoms with Crippen molar-refractivity contribution in [1.82, 2.24) is 20.5 Å². The minimum absolute atomic E-state index is 0.137. The van der Waals surface area contributed by atoms with Crippen LogP contribution >= 0.6 is 0 Å². The SMILES string of the molecule is CN=C(NCC(=O)Nc1cccnc1)NCC1CCCN1Cc1ccccc1. The summed E-state index contributed by atoms with van der Waals surface area (Å²) in [7, 11) is 1.71. The van der Waals surface area contributed by atoms with Gasteiger partial charge in [0.2, 0.25) is 5.91 Å². The van der Waals surface area contributed by atoms with Gasteiger partial charge in [0.05, 0.1) is 18.4 Å². The maximum absolute atomic E-state index is 12.1. The van der Waals surface area contributed by atoms with Crippen LogP contribution in [0, 0.1) is 0 Å². The Morgan fingerprint density at radius 1 is 1.21 bits per heavy atom. The molecule has 3 rings (SSSR count). The molecule has 2 aromatic rings. The highest BCUT2D eigenvalue weighted by Gasteiger charge is 2.24. The molecule has 1 aliphatic rings. The Balaban J connectivity index is 1.42. The first-order valence-corrected chi connectivity index (χ1v) is 9.67. The van der Waals surface area contributed by atoms with Crippen molar-refractivity contribution < 1.29 is 4.79 Å². The Kier molecular flexibility index (Phi) is 7.37. The number of benzene rings is 1. The van der Waals surface area contributed by atoms with E-state index in [2.05, 4.69) is 55.1 Å². The van der Waals surface area contributed by atoms with Crippen molar-refractivity contribution in [1.29, 1.82) is 0 Å². The largest absolute Gasteiger partial charge is 0.355 e. The first kappa shape index (κ1) is 19.8. The summed E-state index contributed by atoms with van der Waals surface area (Å²) in [4.78, 5) is 22.8. The predicted molar refractivity (Wildman–Crippen MR) is 112 cm³/mol. The van der Waals surface area contributed by atoms with Gasteiger partial charge < -0.3 is 16.0 Å². The van der Waals surface area contributed by atoms with E-state index in [0.29, 0.717) is 17.7 Å². The van der Waals surface area contributed by atoms with Crippen LogP contribution in [0.2, 0.25) is 0 Å². The van der Waals surface area contributed by atoms with Crippen LogP contribution in [0.15, 0.2) is 59.9 Å². The number of pyridine rings is 1. The molecule has 148 valence electrons. The number of carbonyl (C=O) groups is 1. The summed E-state index contributed by atoms with van der Waals surface area (Å²) in [5.74, 6) is 0.496. The second kappa shape index (κ2) is 10.4. The van der Waals surface area contributed by atoms with Crippen LogP contribution in [0.1, 0.15) is 18.4 Å². The Labute approximate surface area is 166 Å². The zero-order chi connectivity index (χ0) is 19.6. The molecular formula is C21H28N6O. The lowest BCUT2D eigenvalue weighted by Gasteiger charge is -2.25. The lowest BCUT2D eigenvalue weighted by Crippen LogP contribution is -2.46. The number of amides is 1. The third kappa shape index (κ3) is 6.06. The molecule has 0 radical (unpaired) electrons. The smallest absolute Gasteiger partial charge is 0.243 e. The fourth-order valence-electron chi connectivity index (χ4n) is 3.39. The van der Waals surface area contributed by atoms with E-state index in [-0.39, 0.29) is 12.5 Å². The lowest BCUT2D eigenvalue weighted by molar-refractivity contribution is -0.115. The fourth-order valence-corrected chi connectivity index (χ4v) is 3.39. The highest BCUT2D eigenvalue weighted by atomic mass is 16.1. The molecule has 0 saturated carbocycles. The van der Waals surface area contributed by atoms with Gasteiger partial charge in [0.25, 0.3) is 0 Å². The summed E-state index contributed by atoms with van der Waals surface area (Å²) in [6.07, 6.45) is 5.66. The standard InChI is InChI=1S/C21H28N6O/c1-22-21(25-15-20(28)26-18-9-5-11-23-13-18)24-14-19-10-6-12-27(19)16-17-7-3-2-4-8-17/h2-5,7-9,11,13,19H,6,10,12,14-16H2,1H3,(H,26,28)(H2,22,24,25). The maximum Gasteiger partial charge on any atom is 0.243 e. The number of hydrogen-bond donors (Lipinski definition) is 3. The van der Waals surface area contributed by atoms with Gasteiger partial charge in [0.15, 0.2) is 5.96 Å².